The van der Waals surface area contributed by atoms with Gasteiger partial charge < -0.3 is 21.1 Å². The molecule has 0 aromatic carbocycles. The summed E-state index contributed by atoms with van der Waals surface area (Å²) in [6, 6.07) is -1.53. The van der Waals surface area contributed by atoms with E-state index in [9.17, 15) is 14.4 Å². The van der Waals surface area contributed by atoms with Crippen LogP contribution < -0.4 is 11.1 Å². The van der Waals surface area contributed by atoms with Gasteiger partial charge in [-0.15, -0.1) is 0 Å². The second kappa shape index (κ2) is 7.09. The zero-order valence-electron chi connectivity index (χ0n) is 11.8. The molecule has 1 aliphatic rings. The quantitative estimate of drug-likeness (QED) is 0.602. The Morgan fingerprint density at radius 3 is 2.50 bits per heavy atom. The third-order valence-electron chi connectivity index (χ3n) is 3.46. The lowest BCUT2D eigenvalue weighted by atomic mass is 10.2. The van der Waals surface area contributed by atoms with Crippen molar-refractivity contribution >= 4 is 17.9 Å². The monoisotopic (exact) mass is 286 g/mol. The second-order valence-corrected chi connectivity index (χ2v) is 4.93. The molecule has 1 rings (SSSR count). The highest BCUT2D eigenvalue weighted by Gasteiger charge is 2.29. The summed E-state index contributed by atoms with van der Waals surface area (Å²) in [6.07, 6.45) is -0.411. The number of carbonyl (C=O) groups excluding carboxylic acids is 2. The number of carboxylic acid groups (broad SMARTS) is 1. The zero-order valence-corrected chi connectivity index (χ0v) is 11.8. The van der Waals surface area contributed by atoms with E-state index in [0.29, 0.717) is 13.1 Å². The molecule has 2 atom stereocenters. The van der Waals surface area contributed by atoms with Gasteiger partial charge in [-0.1, -0.05) is 6.92 Å². The number of nitrogens with one attached hydrogen (secondary N) is 1. The molecular formula is C12H22N4O4. The number of carboxylic acids is 1. The van der Waals surface area contributed by atoms with Crippen molar-refractivity contribution in [3.63, 3.8) is 0 Å². The molecule has 0 spiro atoms. The fourth-order valence-corrected chi connectivity index (χ4v) is 2.29. The molecule has 114 valence electrons. The fraction of sp³-hybridized carbons (Fsp3) is 0.750. The molecule has 0 aromatic heterocycles. The maximum absolute atomic E-state index is 12.0. The standard InChI is InChI=1S/C12H22N4O4/c1-3-15-4-5-16(7-8(15)2)12(20)14-9(11(18)19)6-10(13)17/h8-9H,3-7H2,1-2H3,(H2,13,17)(H,14,20)(H,18,19)/t8?,9-/m0/s1. The first-order valence-electron chi connectivity index (χ1n) is 6.65. The number of amides is 3. The van der Waals surface area contributed by atoms with Crippen LogP contribution in [0.15, 0.2) is 0 Å². The summed E-state index contributed by atoms with van der Waals surface area (Å²) in [5, 5.41) is 11.3. The van der Waals surface area contributed by atoms with E-state index in [1.165, 1.54) is 0 Å². The van der Waals surface area contributed by atoms with Crippen molar-refractivity contribution < 1.29 is 19.5 Å². The molecule has 0 saturated carbocycles. The predicted molar refractivity (Wildman–Crippen MR) is 72.0 cm³/mol. The van der Waals surface area contributed by atoms with E-state index < -0.39 is 30.4 Å². The van der Waals surface area contributed by atoms with E-state index in [2.05, 4.69) is 17.1 Å². The topological polar surface area (TPSA) is 116 Å². The van der Waals surface area contributed by atoms with Gasteiger partial charge in [-0.25, -0.2) is 9.59 Å². The van der Waals surface area contributed by atoms with Crippen LogP contribution in [-0.2, 0) is 9.59 Å². The van der Waals surface area contributed by atoms with Crippen LogP contribution >= 0.6 is 0 Å². The van der Waals surface area contributed by atoms with E-state index in [1.54, 1.807) is 4.90 Å². The number of piperazine rings is 1. The summed E-state index contributed by atoms with van der Waals surface area (Å²) < 4.78 is 0. The normalized spacial score (nSPS) is 21.3. The van der Waals surface area contributed by atoms with Crippen LogP contribution in [0.1, 0.15) is 20.3 Å². The number of aliphatic carboxylic acids is 1. The molecule has 0 aromatic rings. The van der Waals surface area contributed by atoms with E-state index in [0.717, 1.165) is 13.1 Å². The molecule has 1 unspecified atom stereocenters. The van der Waals surface area contributed by atoms with Crippen molar-refractivity contribution in [3.8, 4) is 0 Å². The Kier molecular flexibility index (Phi) is 5.75. The number of carbonyl (C=O) groups is 3. The number of primary amides is 1. The summed E-state index contributed by atoms with van der Waals surface area (Å²) in [6.45, 7) is 6.80. The Morgan fingerprint density at radius 1 is 1.40 bits per heavy atom. The maximum Gasteiger partial charge on any atom is 0.326 e. The van der Waals surface area contributed by atoms with Gasteiger partial charge in [0.15, 0.2) is 0 Å². The SMILES string of the molecule is CCN1CCN(C(=O)N[C@@H](CC(N)=O)C(=O)O)CC1C. The first-order valence-corrected chi connectivity index (χ1v) is 6.65. The zero-order chi connectivity index (χ0) is 15.3. The van der Waals surface area contributed by atoms with Crippen molar-refractivity contribution in [3.05, 3.63) is 0 Å². The highest BCUT2D eigenvalue weighted by molar-refractivity contribution is 5.87. The molecule has 4 N–H and O–H groups in total. The van der Waals surface area contributed by atoms with Gasteiger partial charge in [0.2, 0.25) is 5.91 Å². The second-order valence-electron chi connectivity index (χ2n) is 4.93. The van der Waals surface area contributed by atoms with Crippen LogP contribution in [0.4, 0.5) is 4.79 Å². The van der Waals surface area contributed by atoms with Crippen LogP contribution in [0.2, 0.25) is 0 Å². The molecule has 1 fully saturated rings. The van der Waals surface area contributed by atoms with Crippen LogP contribution in [0.3, 0.4) is 0 Å². The van der Waals surface area contributed by atoms with Crippen molar-refractivity contribution in [2.24, 2.45) is 5.73 Å². The van der Waals surface area contributed by atoms with Crippen LogP contribution in [0.5, 0.6) is 0 Å². The van der Waals surface area contributed by atoms with Gasteiger partial charge in [-0.2, -0.15) is 0 Å². The van der Waals surface area contributed by atoms with Gasteiger partial charge in [0.05, 0.1) is 6.42 Å². The van der Waals surface area contributed by atoms with Crippen LogP contribution in [0.25, 0.3) is 0 Å². The Bertz CT molecular complexity index is 388. The Morgan fingerprint density at radius 2 is 2.05 bits per heavy atom. The molecule has 3 amide bonds. The molecule has 1 saturated heterocycles. The number of hydrogen-bond acceptors (Lipinski definition) is 4. The lowest BCUT2D eigenvalue weighted by Crippen LogP contribution is -2.57. The predicted octanol–water partition coefficient (Wildman–Crippen LogP) is -0.949. The fourth-order valence-electron chi connectivity index (χ4n) is 2.29. The van der Waals surface area contributed by atoms with Crippen LogP contribution in [0, 0.1) is 0 Å². The lowest BCUT2D eigenvalue weighted by molar-refractivity contribution is -0.141. The smallest absolute Gasteiger partial charge is 0.326 e. The number of hydrogen-bond donors (Lipinski definition) is 3. The Labute approximate surface area is 117 Å². The van der Waals surface area contributed by atoms with Gasteiger partial charge in [-0.3, -0.25) is 9.69 Å². The first-order chi connectivity index (χ1) is 9.35. The number of urea groups is 1. The number of rotatable bonds is 5. The van der Waals surface area contributed by atoms with Gasteiger partial charge in [-0.05, 0) is 13.5 Å². The minimum absolute atomic E-state index is 0.221. The van der Waals surface area contributed by atoms with Crippen molar-refractivity contribution in [2.75, 3.05) is 26.2 Å². The molecule has 1 aliphatic heterocycles. The van der Waals surface area contributed by atoms with Gasteiger partial charge in [0.1, 0.15) is 6.04 Å². The lowest BCUT2D eigenvalue weighted by Gasteiger charge is -2.39. The van der Waals surface area contributed by atoms with E-state index in [1.807, 2.05) is 6.92 Å². The molecule has 1 heterocycles. The Balaban J connectivity index is 2.57. The molecular weight excluding hydrogens is 264 g/mol. The highest BCUT2D eigenvalue weighted by Crippen LogP contribution is 2.09. The van der Waals surface area contributed by atoms with Crippen LogP contribution in [-0.4, -0.2) is 71.1 Å². The number of nitrogens with zero attached hydrogens (tertiary/aromatic N) is 2. The summed E-state index contributed by atoms with van der Waals surface area (Å²) in [4.78, 5) is 37.6. The van der Waals surface area contributed by atoms with E-state index >= 15 is 0 Å². The molecule has 0 radical (unpaired) electrons. The number of likely N-dealkylation sites (N-methyl/N-ethyl adjacent to an activating group) is 1. The van der Waals surface area contributed by atoms with Crippen molar-refractivity contribution in [2.45, 2.75) is 32.4 Å². The molecule has 20 heavy (non-hydrogen) atoms. The van der Waals surface area contributed by atoms with Gasteiger partial charge >= 0.3 is 12.0 Å². The maximum atomic E-state index is 12.0. The third-order valence-corrected chi connectivity index (χ3v) is 3.46. The summed E-state index contributed by atoms with van der Waals surface area (Å²) >= 11 is 0. The Hall–Kier alpha value is -1.83. The van der Waals surface area contributed by atoms with Gasteiger partial charge in [0.25, 0.3) is 0 Å². The summed E-state index contributed by atoms with van der Waals surface area (Å²) in [5.41, 5.74) is 4.97. The average Bonchev–Trinajstić information content (AvgIpc) is 2.37. The molecule has 8 heteroatoms. The molecule has 8 nitrogen and oxygen atoms in total. The third kappa shape index (κ3) is 4.37. The summed E-state index contributed by atoms with van der Waals surface area (Å²) in [7, 11) is 0. The van der Waals surface area contributed by atoms with E-state index in [4.69, 9.17) is 10.8 Å². The molecule has 0 aliphatic carbocycles. The van der Waals surface area contributed by atoms with Crippen molar-refractivity contribution in [1.29, 1.82) is 0 Å². The van der Waals surface area contributed by atoms with Gasteiger partial charge in [0, 0.05) is 25.7 Å². The van der Waals surface area contributed by atoms with Crippen molar-refractivity contribution in [1.82, 2.24) is 15.1 Å². The molecule has 0 bridgehead atoms. The largest absolute Gasteiger partial charge is 0.480 e. The first kappa shape index (κ1) is 16.2. The minimum Gasteiger partial charge on any atom is -0.480 e. The summed E-state index contributed by atoms with van der Waals surface area (Å²) in [5.74, 6) is -2.03. The highest BCUT2D eigenvalue weighted by atomic mass is 16.4. The average molecular weight is 286 g/mol. The van der Waals surface area contributed by atoms with E-state index in [-0.39, 0.29) is 6.04 Å². The number of nitrogens with two attached hydrogens (primary N) is 1. The minimum atomic E-state index is -1.28.